The van der Waals surface area contributed by atoms with E-state index in [2.05, 4.69) is 10.3 Å². The number of carbonyl (C=O) groups excluding carboxylic acids is 1. The largest absolute Gasteiger partial charge is 0.325 e. The summed E-state index contributed by atoms with van der Waals surface area (Å²) in [6, 6.07) is 9.37. The van der Waals surface area contributed by atoms with E-state index in [0.717, 1.165) is 12.8 Å². The van der Waals surface area contributed by atoms with E-state index >= 15 is 0 Å². The quantitative estimate of drug-likeness (QED) is 0.606. The van der Waals surface area contributed by atoms with Crippen LogP contribution in [0.2, 0.25) is 0 Å². The number of amides is 1. The topological polar surface area (TPSA) is 120 Å². The van der Waals surface area contributed by atoms with Crippen LogP contribution in [0.15, 0.2) is 58.6 Å². The molecule has 0 radical (unpaired) electrons. The summed E-state index contributed by atoms with van der Waals surface area (Å²) < 4.78 is 53.8. The van der Waals surface area contributed by atoms with Crippen LogP contribution in [-0.4, -0.2) is 87.1 Å². The fraction of sp³-hybridized carbons (Fsp3) is 0.429. The molecule has 10 nitrogen and oxygen atoms in total. The Morgan fingerprint density at radius 1 is 0.848 bits per heavy atom. The SMILES string of the molecule is O=C(CN1CCN(S(=O)(=O)c2cccnc2)CC1)Nc1cccc(S(=O)(=O)N2CCCC2)c1. The second-order valence-electron chi connectivity index (χ2n) is 8.06. The van der Waals surface area contributed by atoms with Gasteiger partial charge in [-0.2, -0.15) is 8.61 Å². The van der Waals surface area contributed by atoms with Gasteiger partial charge in [-0.25, -0.2) is 16.8 Å². The number of piperazine rings is 1. The average molecular weight is 494 g/mol. The predicted octanol–water partition coefficient (Wildman–Crippen LogP) is 0.811. The molecule has 0 spiro atoms. The van der Waals surface area contributed by atoms with Gasteiger partial charge >= 0.3 is 0 Å². The first-order chi connectivity index (χ1) is 15.8. The summed E-state index contributed by atoms with van der Waals surface area (Å²) in [5.41, 5.74) is 0.415. The van der Waals surface area contributed by atoms with Crippen LogP contribution in [0.5, 0.6) is 0 Å². The molecular formula is C21H27N5O5S2. The highest BCUT2D eigenvalue weighted by Gasteiger charge is 2.30. The van der Waals surface area contributed by atoms with Gasteiger partial charge in [-0.05, 0) is 43.2 Å². The molecule has 1 N–H and O–H groups in total. The highest BCUT2D eigenvalue weighted by Crippen LogP contribution is 2.23. The van der Waals surface area contributed by atoms with Gasteiger partial charge in [0.25, 0.3) is 0 Å². The summed E-state index contributed by atoms with van der Waals surface area (Å²) in [4.78, 5) is 18.6. The molecule has 0 unspecified atom stereocenters. The molecule has 1 aromatic heterocycles. The van der Waals surface area contributed by atoms with Crippen LogP contribution in [0.4, 0.5) is 5.69 Å². The van der Waals surface area contributed by atoms with E-state index in [9.17, 15) is 21.6 Å². The van der Waals surface area contributed by atoms with Crippen molar-refractivity contribution in [3.63, 3.8) is 0 Å². The molecule has 2 saturated heterocycles. The summed E-state index contributed by atoms with van der Waals surface area (Å²) in [6.07, 6.45) is 4.55. The number of carbonyl (C=O) groups is 1. The standard InChI is InChI=1S/C21H27N5O5S2/c27-21(23-18-5-3-6-19(15-18)32(28,29)25-9-1-2-10-25)17-24-11-13-26(14-12-24)33(30,31)20-7-4-8-22-16-20/h3-8,15-16H,1-2,9-14,17H2,(H,23,27). The molecule has 2 fully saturated rings. The highest BCUT2D eigenvalue weighted by atomic mass is 32.2. The molecule has 1 amide bonds. The zero-order chi connectivity index (χ0) is 23.5. The van der Waals surface area contributed by atoms with Crippen molar-refractivity contribution < 1.29 is 21.6 Å². The summed E-state index contributed by atoms with van der Waals surface area (Å²) >= 11 is 0. The lowest BCUT2D eigenvalue weighted by Gasteiger charge is -2.33. The molecule has 178 valence electrons. The number of anilines is 1. The fourth-order valence-corrected chi connectivity index (χ4v) is 6.94. The third kappa shape index (κ3) is 5.41. The van der Waals surface area contributed by atoms with Crippen molar-refractivity contribution in [2.24, 2.45) is 0 Å². The number of benzene rings is 1. The normalized spacial score (nSPS) is 18.9. The van der Waals surface area contributed by atoms with Gasteiger partial charge in [-0.1, -0.05) is 6.07 Å². The molecule has 3 heterocycles. The molecule has 2 aliphatic heterocycles. The van der Waals surface area contributed by atoms with Gasteiger partial charge in [0.1, 0.15) is 4.90 Å². The number of pyridine rings is 1. The lowest BCUT2D eigenvalue weighted by atomic mass is 10.3. The van der Waals surface area contributed by atoms with E-state index in [0.29, 0.717) is 31.9 Å². The van der Waals surface area contributed by atoms with Crippen LogP contribution in [-0.2, 0) is 24.8 Å². The molecule has 4 rings (SSSR count). The van der Waals surface area contributed by atoms with E-state index in [4.69, 9.17) is 0 Å². The summed E-state index contributed by atoms with van der Waals surface area (Å²) in [7, 11) is -7.17. The van der Waals surface area contributed by atoms with Crippen molar-refractivity contribution in [2.75, 3.05) is 51.1 Å². The molecular weight excluding hydrogens is 466 g/mol. The van der Waals surface area contributed by atoms with Gasteiger partial charge in [0, 0.05) is 57.3 Å². The van der Waals surface area contributed by atoms with Crippen molar-refractivity contribution in [3.05, 3.63) is 48.8 Å². The number of nitrogens with one attached hydrogen (secondary N) is 1. The van der Waals surface area contributed by atoms with Crippen LogP contribution in [0.25, 0.3) is 0 Å². The van der Waals surface area contributed by atoms with Gasteiger partial charge in [0.2, 0.25) is 26.0 Å². The smallest absolute Gasteiger partial charge is 0.244 e. The van der Waals surface area contributed by atoms with Crippen molar-refractivity contribution in [1.29, 1.82) is 0 Å². The summed E-state index contributed by atoms with van der Waals surface area (Å²) in [6.45, 7) is 2.49. The van der Waals surface area contributed by atoms with Gasteiger partial charge < -0.3 is 5.32 Å². The third-order valence-corrected chi connectivity index (χ3v) is 9.57. The first kappa shape index (κ1) is 23.8. The second-order valence-corrected chi connectivity index (χ2v) is 11.9. The van der Waals surface area contributed by atoms with E-state index < -0.39 is 20.0 Å². The van der Waals surface area contributed by atoms with Gasteiger partial charge in [0.15, 0.2) is 0 Å². The van der Waals surface area contributed by atoms with Crippen LogP contribution in [0.3, 0.4) is 0 Å². The minimum absolute atomic E-state index is 0.0872. The predicted molar refractivity (Wildman–Crippen MR) is 123 cm³/mol. The van der Waals surface area contributed by atoms with E-state index in [1.165, 1.54) is 39.2 Å². The molecule has 2 aromatic rings. The number of hydrogen-bond acceptors (Lipinski definition) is 7. The molecule has 0 bridgehead atoms. The van der Waals surface area contributed by atoms with E-state index in [-0.39, 0.29) is 35.3 Å². The Morgan fingerprint density at radius 3 is 2.15 bits per heavy atom. The Bertz CT molecular complexity index is 1190. The highest BCUT2D eigenvalue weighted by molar-refractivity contribution is 7.89. The minimum Gasteiger partial charge on any atom is -0.325 e. The monoisotopic (exact) mass is 493 g/mol. The van der Waals surface area contributed by atoms with Gasteiger partial charge in [-0.15, -0.1) is 0 Å². The maximum Gasteiger partial charge on any atom is 0.244 e. The molecule has 0 saturated carbocycles. The van der Waals surface area contributed by atoms with Crippen molar-refractivity contribution in [3.8, 4) is 0 Å². The van der Waals surface area contributed by atoms with Crippen LogP contribution < -0.4 is 5.32 Å². The first-order valence-corrected chi connectivity index (χ1v) is 13.7. The number of rotatable bonds is 7. The van der Waals surface area contributed by atoms with Crippen LogP contribution in [0, 0.1) is 0 Å². The lowest BCUT2D eigenvalue weighted by Crippen LogP contribution is -2.50. The van der Waals surface area contributed by atoms with Crippen molar-refractivity contribution >= 4 is 31.6 Å². The van der Waals surface area contributed by atoms with Crippen LogP contribution in [0.1, 0.15) is 12.8 Å². The zero-order valence-electron chi connectivity index (χ0n) is 18.1. The number of nitrogens with zero attached hydrogens (tertiary/aromatic N) is 4. The maximum atomic E-state index is 12.8. The molecule has 0 aliphatic carbocycles. The molecule has 0 atom stereocenters. The van der Waals surface area contributed by atoms with Gasteiger partial charge in [0.05, 0.1) is 11.4 Å². The molecule has 2 aliphatic rings. The summed E-state index contributed by atoms with van der Waals surface area (Å²) in [5.74, 6) is -0.283. The Hall–Kier alpha value is -2.38. The Kier molecular flexibility index (Phi) is 7.10. The van der Waals surface area contributed by atoms with Gasteiger partial charge in [-0.3, -0.25) is 14.7 Å². The number of sulfonamides is 2. The molecule has 12 heteroatoms. The Labute approximate surface area is 194 Å². The summed E-state index contributed by atoms with van der Waals surface area (Å²) in [5, 5.41) is 2.76. The zero-order valence-corrected chi connectivity index (χ0v) is 19.8. The minimum atomic E-state index is -3.61. The second kappa shape index (κ2) is 9.85. The Morgan fingerprint density at radius 2 is 1.48 bits per heavy atom. The lowest BCUT2D eigenvalue weighted by molar-refractivity contribution is -0.117. The molecule has 1 aromatic carbocycles. The van der Waals surface area contributed by atoms with E-state index in [1.54, 1.807) is 18.2 Å². The fourth-order valence-electron chi connectivity index (χ4n) is 3.99. The van der Waals surface area contributed by atoms with Crippen LogP contribution >= 0.6 is 0 Å². The Balaban J connectivity index is 1.32. The maximum absolute atomic E-state index is 12.8. The van der Waals surface area contributed by atoms with E-state index in [1.807, 2.05) is 4.90 Å². The van der Waals surface area contributed by atoms with Crippen molar-refractivity contribution in [1.82, 2.24) is 18.5 Å². The number of aromatic nitrogens is 1. The first-order valence-electron chi connectivity index (χ1n) is 10.8. The van der Waals surface area contributed by atoms with Crippen molar-refractivity contribution in [2.45, 2.75) is 22.6 Å². The average Bonchev–Trinajstić information content (AvgIpc) is 3.36. The third-order valence-electron chi connectivity index (χ3n) is 5.79. The number of hydrogen-bond donors (Lipinski definition) is 1. The molecule has 33 heavy (non-hydrogen) atoms.